The molecule has 0 bridgehead atoms. The van der Waals surface area contributed by atoms with Crippen LogP contribution in [0.1, 0.15) is 73.6 Å². The molecule has 140 valence electrons. The van der Waals surface area contributed by atoms with Gasteiger partial charge in [0.15, 0.2) is 6.10 Å². The molecule has 1 heterocycles. The van der Waals surface area contributed by atoms with Crippen molar-refractivity contribution < 1.29 is 58.0 Å². The number of hydrogen-bond donors (Lipinski definition) is 4. The second-order valence-electron chi connectivity index (χ2n) is 5.06. The van der Waals surface area contributed by atoms with E-state index in [1.807, 2.05) is 0 Å². The number of carbonyl (C=O) groups is 1. The van der Waals surface area contributed by atoms with Crippen molar-refractivity contribution in [2.75, 3.05) is 0 Å². The molecule has 4 N–H and O–H groups in total. The monoisotopic (exact) mass is 371 g/mol. The van der Waals surface area contributed by atoms with E-state index in [-0.39, 0.29) is 0 Å². The minimum Gasteiger partial charge on any atom is -0.479 e. The van der Waals surface area contributed by atoms with E-state index in [0.717, 1.165) is 0 Å². The Bertz CT molecular complexity index is 1110. The minimum absolute atomic E-state index is 1.51. The Labute approximate surface area is 170 Å². The van der Waals surface area contributed by atoms with Crippen LogP contribution in [0, 0.1) is 0 Å². The summed E-state index contributed by atoms with van der Waals surface area (Å²) in [6.45, 7) is -16.1. The number of ether oxygens (including phenoxy) is 2. The van der Waals surface area contributed by atoms with Gasteiger partial charge < -0.3 is 29.9 Å². The van der Waals surface area contributed by atoms with Crippen LogP contribution in [0.4, 0.5) is 0 Å². The standard InChI is InChI=1S/C18H26O7/c1-8(2)10-6-5-7-11(9(3)4)15(10)24-18-14(21)12(19)13(20)16(25-18)17(22)23/h5-9,12-14,16,18-21H,1-4H3,(H,22,23)/i1D3,2D3,3D3,4D3,5D,6D,7D,8D,9D. The third kappa shape index (κ3) is 3.95. The Morgan fingerprint density at radius 2 is 1.72 bits per heavy atom. The molecule has 1 fully saturated rings. The van der Waals surface area contributed by atoms with Gasteiger partial charge in [0.05, 0.1) is 4.11 Å². The predicted octanol–water partition coefficient (Wildman–Crippen LogP) is 1.20. The summed E-state index contributed by atoms with van der Waals surface area (Å²) in [7, 11) is 0. The average molecular weight is 372 g/mol. The van der Waals surface area contributed by atoms with Gasteiger partial charge in [-0.05, 0) is 22.9 Å². The molecule has 1 aromatic rings. The third-order valence-corrected chi connectivity index (χ3v) is 3.38. The fraction of sp³-hybridized carbons (Fsp3) is 0.611. The molecule has 0 spiro atoms. The Kier molecular flexibility index (Phi) is 2.10. The zero-order chi connectivity index (χ0) is 33.3. The molecular formula is C18H26O7. The van der Waals surface area contributed by atoms with Gasteiger partial charge in [0.1, 0.15) is 24.1 Å². The van der Waals surface area contributed by atoms with Gasteiger partial charge in [-0.15, -0.1) is 0 Å². The van der Waals surface area contributed by atoms with Crippen LogP contribution in [0.2, 0.25) is 0 Å². The van der Waals surface area contributed by atoms with E-state index in [0.29, 0.717) is 0 Å². The smallest absolute Gasteiger partial charge is 0.335 e. The molecule has 0 amide bonds. The first-order valence-corrected chi connectivity index (χ1v) is 6.74. The van der Waals surface area contributed by atoms with Crippen molar-refractivity contribution in [3.05, 3.63) is 29.3 Å². The summed E-state index contributed by atoms with van der Waals surface area (Å²) in [5.41, 5.74) is -3.49. The normalized spacial score (nSPS) is 42.7. The first kappa shape index (κ1) is 6.81. The third-order valence-electron chi connectivity index (χ3n) is 3.38. The highest BCUT2D eigenvalue weighted by atomic mass is 16.7. The Hall–Kier alpha value is -1.67. The molecule has 1 aliphatic rings. The number of aliphatic hydroxyl groups is 3. The lowest BCUT2D eigenvalue weighted by Gasteiger charge is -2.39. The van der Waals surface area contributed by atoms with Crippen LogP contribution >= 0.6 is 0 Å². The lowest BCUT2D eigenvalue weighted by molar-refractivity contribution is -0.271. The van der Waals surface area contributed by atoms with Gasteiger partial charge in [-0.3, -0.25) is 0 Å². The molecule has 0 radical (unpaired) electrons. The van der Waals surface area contributed by atoms with Crippen molar-refractivity contribution in [3.63, 3.8) is 0 Å². The number of aliphatic hydroxyl groups excluding tert-OH is 3. The van der Waals surface area contributed by atoms with Gasteiger partial charge in [0.2, 0.25) is 6.29 Å². The van der Waals surface area contributed by atoms with Gasteiger partial charge in [-0.2, -0.15) is 0 Å². The van der Waals surface area contributed by atoms with Gasteiger partial charge in [0, 0.05) is 19.2 Å². The highest BCUT2D eigenvalue weighted by Crippen LogP contribution is 2.36. The van der Waals surface area contributed by atoms with Crippen LogP contribution in [-0.2, 0) is 9.53 Å². The Morgan fingerprint density at radius 3 is 2.20 bits per heavy atom. The summed E-state index contributed by atoms with van der Waals surface area (Å²) in [5, 5.41) is 40.0. The number of carboxylic acids is 1. The molecule has 0 saturated carbocycles. The molecule has 7 heteroatoms. The maximum atomic E-state index is 11.6. The van der Waals surface area contributed by atoms with Crippen molar-refractivity contribution in [1.29, 1.82) is 0 Å². The van der Waals surface area contributed by atoms with Crippen molar-refractivity contribution in [2.45, 2.75) is 69.9 Å². The minimum atomic E-state index is -4.08. The number of rotatable bonds is 5. The summed E-state index contributed by atoms with van der Waals surface area (Å²) in [4.78, 5) is 11.6. The summed E-state index contributed by atoms with van der Waals surface area (Å²) in [6, 6.07) is -4.65. The summed E-state index contributed by atoms with van der Waals surface area (Å²) in [6.07, 6.45) is -12.4. The van der Waals surface area contributed by atoms with Crippen LogP contribution in [0.5, 0.6) is 5.75 Å². The first-order chi connectivity index (χ1) is 18.5. The molecule has 25 heavy (non-hydrogen) atoms. The highest BCUT2D eigenvalue weighted by Gasteiger charge is 2.48. The zero-order valence-corrected chi connectivity index (χ0v) is 12.4. The van der Waals surface area contributed by atoms with Crippen LogP contribution in [0.15, 0.2) is 18.1 Å². The van der Waals surface area contributed by atoms with Crippen molar-refractivity contribution in [1.82, 2.24) is 0 Å². The van der Waals surface area contributed by atoms with E-state index < -0.39 is 111 Å². The van der Waals surface area contributed by atoms with Gasteiger partial charge in [0.25, 0.3) is 0 Å². The average Bonchev–Trinajstić information content (AvgIpc) is 2.79. The highest BCUT2D eigenvalue weighted by molar-refractivity contribution is 5.73. The van der Waals surface area contributed by atoms with Gasteiger partial charge in [-0.1, -0.05) is 45.5 Å². The molecular weight excluding hydrogens is 328 g/mol. The molecule has 0 aliphatic carbocycles. The molecule has 0 aromatic heterocycles. The van der Waals surface area contributed by atoms with Crippen molar-refractivity contribution in [3.8, 4) is 5.75 Å². The number of carboxylic acid groups (broad SMARTS) is 1. The second-order valence-corrected chi connectivity index (χ2v) is 5.06. The molecule has 7 nitrogen and oxygen atoms in total. The van der Waals surface area contributed by atoms with Crippen LogP contribution in [-0.4, -0.2) is 57.1 Å². The molecule has 2 rings (SSSR count). The topological polar surface area (TPSA) is 116 Å². The lowest BCUT2D eigenvalue weighted by Crippen LogP contribution is -2.61. The summed E-state index contributed by atoms with van der Waals surface area (Å²) in [5.74, 6) is -11.9. The van der Waals surface area contributed by atoms with E-state index >= 15 is 0 Å². The molecule has 1 saturated heterocycles. The van der Waals surface area contributed by atoms with Crippen LogP contribution in [0.3, 0.4) is 0 Å². The zero-order valence-electron chi connectivity index (χ0n) is 29.4. The van der Waals surface area contributed by atoms with E-state index in [1.165, 1.54) is 0 Å². The first-order valence-electron chi connectivity index (χ1n) is 15.2. The number of para-hydroxylation sites is 1. The Morgan fingerprint density at radius 1 is 1.16 bits per heavy atom. The molecule has 5 unspecified atom stereocenters. The quantitative estimate of drug-likeness (QED) is 0.614. The van der Waals surface area contributed by atoms with E-state index in [2.05, 4.69) is 0 Å². The molecule has 1 aromatic carbocycles. The number of hydrogen-bond acceptors (Lipinski definition) is 6. The van der Waals surface area contributed by atoms with Gasteiger partial charge in [-0.25, -0.2) is 4.79 Å². The van der Waals surface area contributed by atoms with Crippen molar-refractivity contribution in [2.24, 2.45) is 0 Å². The largest absolute Gasteiger partial charge is 0.479 e. The molecule has 1 aliphatic heterocycles. The fourth-order valence-corrected chi connectivity index (χ4v) is 2.13. The summed E-state index contributed by atoms with van der Waals surface area (Å²) < 4.78 is 146. The van der Waals surface area contributed by atoms with E-state index in [9.17, 15) is 25.2 Å². The van der Waals surface area contributed by atoms with Gasteiger partial charge >= 0.3 is 5.97 Å². The number of benzene rings is 1. The maximum absolute atomic E-state index is 11.6. The summed E-state index contributed by atoms with van der Waals surface area (Å²) >= 11 is 0. The second kappa shape index (κ2) is 7.70. The van der Waals surface area contributed by atoms with E-state index in [4.69, 9.17) is 32.8 Å². The lowest BCUT2D eigenvalue weighted by atomic mass is 9.93. The fourth-order valence-electron chi connectivity index (χ4n) is 2.13. The Balaban J connectivity index is 3.27. The predicted molar refractivity (Wildman–Crippen MR) is 89.6 cm³/mol. The number of aliphatic carboxylic acids is 1. The van der Waals surface area contributed by atoms with E-state index in [1.54, 1.807) is 0 Å². The van der Waals surface area contributed by atoms with Crippen molar-refractivity contribution >= 4 is 5.97 Å². The maximum Gasteiger partial charge on any atom is 0.335 e. The van der Waals surface area contributed by atoms with Crippen LogP contribution in [0.25, 0.3) is 0 Å². The van der Waals surface area contributed by atoms with Crippen LogP contribution < -0.4 is 4.74 Å². The SMILES string of the molecule is [2H]c1c([2H])c(C([2H])(C([2H])([2H])[2H])C([2H])([2H])[2H])c(OC2OC(C(=O)O)C(O)C(O)C2O)c(C([2H])(C([2H])([2H])[2H])C([2H])([2H])[2H])c1[2H]. The molecule has 5 atom stereocenters.